The molecule has 0 N–H and O–H groups in total. The summed E-state index contributed by atoms with van der Waals surface area (Å²) in [6.45, 7) is 0.0968. The van der Waals surface area contributed by atoms with Crippen molar-refractivity contribution >= 4 is 11.5 Å². The van der Waals surface area contributed by atoms with Crippen LogP contribution in [0, 0.1) is 0 Å². The molecule has 2 aromatic carbocycles. The van der Waals surface area contributed by atoms with Crippen molar-refractivity contribution in [3.8, 4) is 11.5 Å². The third-order valence-corrected chi connectivity index (χ3v) is 3.36. The van der Waals surface area contributed by atoms with Crippen molar-refractivity contribution in [2.75, 3.05) is 28.1 Å². The van der Waals surface area contributed by atoms with Crippen LogP contribution in [0.15, 0.2) is 54.6 Å². The fourth-order valence-corrected chi connectivity index (χ4v) is 2.21. The Hall–Kier alpha value is -2.79. The molecule has 0 aliphatic carbocycles. The molecule has 0 atom stereocenters. The lowest BCUT2D eigenvalue weighted by molar-refractivity contribution is -0.134. The van der Waals surface area contributed by atoms with Crippen LogP contribution in [-0.4, -0.2) is 34.1 Å². The molecule has 0 saturated carbocycles. The van der Waals surface area contributed by atoms with E-state index in [2.05, 4.69) is 0 Å². The number of methoxy groups -OCH3 is 3. The maximum Gasteiger partial charge on any atom is 0.331 e. The van der Waals surface area contributed by atoms with Crippen LogP contribution in [0.1, 0.15) is 11.1 Å². The Morgan fingerprint density at radius 1 is 1.04 bits per heavy atom. The zero-order valence-corrected chi connectivity index (χ0v) is 13.9. The third kappa shape index (κ3) is 4.36. The molecule has 5 nitrogen and oxygen atoms in total. The van der Waals surface area contributed by atoms with Gasteiger partial charge in [0.1, 0.15) is 11.5 Å². The van der Waals surface area contributed by atoms with Crippen LogP contribution in [0.2, 0.25) is 0 Å². The van der Waals surface area contributed by atoms with Gasteiger partial charge in [-0.25, -0.2) is 4.79 Å². The minimum atomic E-state index is -0.450. The Bertz CT molecular complexity index is 707. The smallest absolute Gasteiger partial charge is 0.331 e. The number of ether oxygens (including phenoxy) is 4. The second-order valence-electron chi connectivity index (χ2n) is 4.86. The molecule has 0 spiro atoms. The summed E-state index contributed by atoms with van der Waals surface area (Å²) in [5.41, 5.74) is 2.24. The fraction of sp³-hybridized carbons (Fsp3) is 0.211. The lowest BCUT2D eigenvalue weighted by Crippen LogP contribution is -2.04. The second-order valence-corrected chi connectivity index (χ2v) is 4.86. The van der Waals surface area contributed by atoms with Crippen molar-refractivity contribution in [1.82, 2.24) is 0 Å². The quantitative estimate of drug-likeness (QED) is 0.443. The van der Waals surface area contributed by atoms with Gasteiger partial charge in [-0.2, -0.15) is 0 Å². The van der Waals surface area contributed by atoms with E-state index in [0.29, 0.717) is 22.6 Å². The third-order valence-electron chi connectivity index (χ3n) is 3.36. The van der Waals surface area contributed by atoms with E-state index in [9.17, 15) is 4.79 Å². The molecular formula is C19H20O5. The van der Waals surface area contributed by atoms with E-state index in [1.807, 2.05) is 36.4 Å². The molecule has 0 saturated heterocycles. The van der Waals surface area contributed by atoms with E-state index < -0.39 is 5.97 Å². The Kier molecular flexibility index (Phi) is 6.40. The molecule has 0 radical (unpaired) electrons. The second kappa shape index (κ2) is 8.74. The molecule has 0 heterocycles. The van der Waals surface area contributed by atoms with Gasteiger partial charge in [0, 0.05) is 18.7 Å². The topological polar surface area (TPSA) is 54.0 Å². The van der Waals surface area contributed by atoms with E-state index in [0.717, 1.165) is 5.56 Å². The summed E-state index contributed by atoms with van der Waals surface area (Å²) in [7, 11) is 4.47. The summed E-state index contributed by atoms with van der Waals surface area (Å²) < 4.78 is 20.7. The van der Waals surface area contributed by atoms with Crippen LogP contribution < -0.4 is 9.47 Å². The normalized spacial score (nSPS) is 11.0. The zero-order valence-electron chi connectivity index (χ0n) is 13.9. The summed E-state index contributed by atoms with van der Waals surface area (Å²) >= 11 is 0. The standard InChI is InChI=1S/C19H20O5/c1-21-13-24-18-10-9-15(22-2)11-17(18)16(12-19(20)23-3)14-7-5-4-6-8-14/h4-12H,13H2,1-3H3/b16-12+. The van der Waals surface area contributed by atoms with Gasteiger partial charge in [0.25, 0.3) is 0 Å². The maximum absolute atomic E-state index is 11.9. The highest BCUT2D eigenvalue weighted by atomic mass is 16.7. The van der Waals surface area contributed by atoms with Crippen molar-refractivity contribution in [2.24, 2.45) is 0 Å². The number of hydrogen-bond acceptors (Lipinski definition) is 5. The van der Waals surface area contributed by atoms with E-state index in [4.69, 9.17) is 18.9 Å². The lowest BCUT2D eigenvalue weighted by atomic mass is 9.96. The molecule has 0 bridgehead atoms. The van der Waals surface area contributed by atoms with E-state index in [1.54, 1.807) is 26.4 Å². The van der Waals surface area contributed by atoms with E-state index in [1.165, 1.54) is 13.2 Å². The first-order valence-corrected chi connectivity index (χ1v) is 7.34. The first-order valence-electron chi connectivity index (χ1n) is 7.34. The van der Waals surface area contributed by atoms with Crippen molar-refractivity contribution in [2.45, 2.75) is 0 Å². The largest absolute Gasteiger partial charge is 0.497 e. The molecular weight excluding hydrogens is 308 g/mol. The number of carbonyl (C=O) groups excluding carboxylic acids is 1. The predicted octanol–water partition coefficient (Wildman–Crippen LogP) is 3.28. The van der Waals surface area contributed by atoms with E-state index in [-0.39, 0.29) is 6.79 Å². The van der Waals surface area contributed by atoms with Crippen molar-refractivity contribution in [3.05, 3.63) is 65.7 Å². The molecule has 0 aliphatic rings. The van der Waals surface area contributed by atoms with Crippen LogP contribution in [-0.2, 0) is 14.3 Å². The van der Waals surface area contributed by atoms with Crippen molar-refractivity contribution < 1.29 is 23.7 Å². The maximum atomic E-state index is 11.9. The van der Waals surface area contributed by atoms with Gasteiger partial charge in [-0.1, -0.05) is 30.3 Å². The summed E-state index contributed by atoms with van der Waals surface area (Å²) in [5, 5.41) is 0. The summed E-state index contributed by atoms with van der Waals surface area (Å²) in [5.74, 6) is 0.785. The van der Waals surface area contributed by atoms with Gasteiger partial charge in [0.05, 0.1) is 14.2 Å². The SMILES string of the molecule is COCOc1ccc(OC)cc1/C(=C/C(=O)OC)c1ccccc1. The first kappa shape index (κ1) is 17.6. The highest BCUT2D eigenvalue weighted by Gasteiger charge is 2.15. The van der Waals surface area contributed by atoms with E-state index >= 15 is 0 Å². The van der Waals surface area contributed by atoms with Gasteiger partial charge in [-0.3, -0.25) is 0 Å². The highest BCUT2D eigenvalue weighted by molar-refractivity contribution is 5.97. The number of hydrogen-bond donors (Lipinski definition) is 0. The van der Waals surface area contributed by atoms with Crippen molar-refractivity contribution in [3.63, 3.8) is 0 Å². The monoisotopic (exact) mass is 328 g/mol. The number of rotatable bonds is 7. The molecule has 0 aliphatic heterocycles. The molecule has 0 fully saturated rings. The molecule has 2 aromatic rings. The summed E-state index contributed by atoms with van der Waals surface area (Å²) in [6, 6.07) is 14.9. The molecule has 2 rings (SSSR count). The van der Waals surface area contributed by atoms with Gasteiger partial charge in [0.2, 0.25) is 0 Å². The predicted molar refractivity (Wildman–Crippen MR) is 91.0 cm³/mol. The minimum absolute atomic E-state index is 0.0968. The van der Waals surface area contributed by atoms with Crippen molar-refractivity contribution in [1.29, 1.82) is 0 Å². The molecule has 24 heavy (non-hydrogen) atoms. The molecule has 5 heteroatoms. The van der Waals surface area contributed by atoms with Gasteiger partial charge in [-0.05, 0) is 29.3 Å². The molecule has 126 valence electrons. The van der Waals surface area contributed by atoms with Gasteiger partial charge in [0.15, 0.2) is 6.79 Å². The van der Waals surface area contributed by atoms with Crippen LogP contribution >= 0.6 is 0 Å². The van der Waals surface area contributed by atoms with Gasteiger partial charge >= 0.3 is 5.97 Å². The lowest BCUT2D eigenvalue weighted by Gasteiger charge is -2.15. The average molecular weight is 328 g/mol. The van der Waals surface area contributed by atoms with Crippen LogP contribution in [0.4, 0.5) is 0 Å². The summed E-state index contributed by atoms with van der Waals surface area (Å²) in [4.78, 5) is 11.9. The molecule has 0 aromatic heterocycles. The average Bonchev–Trinajstić information content (AvgIpc) is 2.64. The number of benzene rings is 2. The Balaban J connectivity index is 2.60. The fourth-order valence-electron chi connectivity index (χ4n) is 2.21. The van der Waals surface area contributed by atoms with Gasteiger partial charge in [-0.15, -0.1) is 0 Å². The van der Waals surface area contributed by atoms with Crippen LogP contribution in [0.25, 0.3) is 5.57 Å². The Morgan fingerprint density at radius 2 is 1.79 bits per heavy atom. The van der Waals surface area contributed by atoms with Crippen LogP contribution in [0.5, 0.6) is 11.5 Å². The zero-order chi connectivity index (χ0) is 17.4. The first-order chi connectivity index (χ1) is 11.7. The molecule has 0 unspecified atom stereocenters. The number of carbonyl (C=O) groups is 1. The molecule has 0 amide bonds. The number of esters is 1. The van der Waals surface area contributed by atoms with Crippen LogP contribution in [0.3, 0.4) is 0 Å². The van der Waals surface area contributed by atoms with Gasteiger partial charge < -0.3 is 18.9 Å². The highest BCUT2D eigenvalue weighted by Crippen LogP contribution is 2.34. The minimum Gasteiger partial charge on any atom is -0.497 e. The Morgan fingerprint density at radius 3 is 2.42 bits per heavy atom. The summed E-state index contributed by atoms with van der Waals surface area (Å²) in [6.07, 6.45) is 1.43. The Labute approximate surface area is 141 Å².